The first-order valence-corrected chi connectivity index (χ1v) is 4.82. The zero-order chi connectivity index (χ0) is 8.93. The van der Waals surface area contributed by atoms with Crippen LogP contribution in [0.4, 0.5) is 0 Å². The SMILES string of the molecule is CC1C(=O)C2=C(CCC2)C1(C)C. The highest BCUT2D eigenvalue weighted by Gasteiger charge is 2.45. The van der Waals surface area contributed by atoms with Gasteiger partial charge in [0.15, 0.2) is 5.78 Å². The van der Waals surface area contributed by atoms with Crippen molar-refractivity contribution in [2.45, 2.75) is 40.0 Å². The predicted molar refractivity (Wildman–Crippen MR) is 48.8 cm³/mol. The Kier molecular flexibility index (Phi) is 1.48. The molecule has 0 saturated carbocycles. The van der Waals surface area contributed by atoms with Gasteiger partial charge >= 0.3 is 0 Å². The fourth-order valence-corrected chi connectivity index (χ4v) is 2.58. The quantitative estimate of drug-likeness (QED) is 0.538. The highest BCUT2D eigenvalue weighted by Crippen LogP contribution is 2.51. The standard InChI is InChI=1S/C11H16O/c1-7-10(12)8-5-4-6-9(8)11(7,2)3/h7H,4-6H2,1-3H3. The number of hydrogen-bond acceptors (Lipinski definition) is 1. The van der Waals surface area contributed by atoms with E-state index in [0.29, 0.717) is 5.78 Å². The Morgan fingerprint density at radius 2 is 2.00 bits per heavy atom. The first kappa shape index (κ1) is 8.03. The predicted octanol–water partition coefficient (Wildman–Crippen LogP) is 2.71. The third kappa shape index (κ3) is 0.769. The number of carbonyl (C=O) groups is 1. The molecule has 0 fully saturated rings. The maximum atomic E-state index is 11.7. The molecule has 2 aliphatic rings. The lowest BCUT2D eigenvalue weighted by atomic mass is 9.77. The van der Waals surface area contributed by atoms with E-state index in [1.54, 1.807) is 0 Å². The second kappa shape index (κ2) is 2.21. The molecule has 66 valence electrons. The molecule has 2 aliphatic carbocycles. The molecule has 12 heavy (non-hydrogen) atoms. The molecule has 0 aromatic heterocycles. The van der Waals surface area contributed by atoms with Gasteiger partial charge in [-0.2, -0.15) is 0 Å². The van der Waals surface area contributed by atoms with Crippen LogP contribution in [0.1, 0.15) is 40.0 Å². The van der Waals surface area contributed by atoms with Gasteiger partial charge in [-0.1, -0.05) is 26.3 Å². The Balaban J connectivity index is 2.47. The van der Waals surface area contributed by atoms with E-state index >= 15 is 0 Å². The zero-order valence-electron chi connectivity index (χ0n) is 8.11. The van der Waals surface area contributed by atoms with Crippen molar-refractivity contribution in [2.24, 2.45) is 11.3 Å². The second-order valence-electron chi connectivity index (χ2n) is 4.62. The topological polar surface area (TPSA) is 17.1 Å². The van der Waals surface area contributed by atoms with E-state index in [1.807, 2.05) is 0 Å². The molecule has 1 heteroatoms. The van der Waals surface area contributed by atoms with E-state index in [2.05, 4.69) is 20.8 Å². The number of ketones is 1. The highest BCUT2D eigenvalue weighted by molar-refractivity contribution is 6.02. The number of rotatable bonds is 0. The van der Waals surface area contributed by atoms with Crippen molar-refractivity contribution in [1.82, 2.24) is 0 Å². The Labute approximate surface area is 73.8 Å². The van der Waals surface area contributed by atoms with E-state index < -0.39 is 0 Å². The third-order valence-electron chi connectivity index (χ3n) is 3.77. The fraction of sp³-hybridized carbons (Fsp3) is 0.727. The van der Waals surface area contributed by atoms with Gasteiger partial charge in [0.1, 0.15) is 0 Å². The smallest absolute Gasteiger partial charge is 0.162 e. The van der Waals surface area contributed by atoms with Crippen LogP contribution in [0, 0.1) is 11.3 Å². The molecule has 0 radical (unpaired) electrons. The lowest BCUT2D eigenvalue weighted by Crippen LogP contribution is -2.23. The summed E-state index contributed by atoms with van der Waals surface area (Å²) in [5, 5.41) is 0. The lowest BCUT2D eigenvalue weighted by molar-refractivity contribution is -0.119. The molecule has 0 aliphatic heterocycles. The highest BCUT2D eigenvalue weighted by atomic mass is 16.1. The minimum Gasteiger partial charge on any atom is -0.294 e. The first-order chi connectivity index (χ1) is 5.55. The van der Waals surface area contributed by atoms with Crippen LogP contribution in [0.2, 0.25) is 0 Å². The van der Waals surface area contributed by atoms with E-state index in [1.165, 1.54) is 24.0 Å². The first-order valence-electron chi connectivity index (χ1n) is 4.82. The number of hydrogen-bond donors (Lipinski definition) is 0. The van der Waals surface area contributed by atoms with Crippen LogP contribution in [0.15, 0.2) is 11.1 Å². The Bertz CT molecular complexity index is 271. The molecule has 1 nitrogen and oxygen atoms in total. The zero-order valence-corrected chi connectivity index (χ0v) is 8.11. The van der Waals surface area contributed by atoms with Crippen molar-refractivity contribution in [3.8, 4) is 0 Å². The summed E-state index contributed by atoms with van der Waals surface area (Å²) >= 11 is 0. The molecule has 1 unspecified atom stereocenters. The van der Waals surface area contributed by atoms with Crippen LogP contribution in [0.5, 0.6) is 0 Å². The van der Waals surface area contributed by atoms with Gasteiger partial charge in [-0.25, -0.2) is 0 Å². The summed E-state index contributed by atoms with van der Waals surface area (Å²) in [6, 6.07) is 0. The Hall–Kier alpha value is -0.590. The van der Waals surface area contributed by atoms with Gasteiger partial charge in [0, 0.05) is 5.92 Å². The summed E-state index contributed by atoms with van der Waals surface area (Å²) in [5.74, 6) is 0.648. The molecule has 0 saturated heterocycles. The number of Topliss-reactive ketones (excluding diaryl/α,β-unsaturated/α-hetero) is 1. The van der Waals surface area contributed by atoms with E-state index in [4.69, 9.17) is 0 Å². The molecule has 0 aromatic carbocycles. The van der Waals surface area contributed by atoms with Gasteiger partial charge in [0.05, 0.1) is 0 Å². The molecule has 0 spiro atoms. The lowest BCUT2D eigenvalue weighted by Gasteiger charge is -2.26. The summed E-state index contributed by atoms with van der Waals surface area (Å²) < 4.78 is 0. The summed E-state index contributed by atoms with van der Waals surface area (Å²) in [7, 11) is 0. The van der Waals surface area contributed by atoms with Crippen LogP contribution < -0.4 is 0 Å². The van der Waals surface area contributed by atoms with Crippen LogP contribution in [-0.4, -0.2) is 5.78 Å². The van der Waals surface area contributed by atoms with Crippen molar-refractivity contribution in [1.29, 1.82) is 0 Å². The van der Waals surface area contributed by atoms with E-state index in [-0.39, 0.29) is 11.3 Å². The van der Waals surface area contributed by atoms with Gasteiger partial charge in [0.2, 0.25) is 0 Å². The van der Waals surface area contributed by atoms with Crippen molar-refractivity contribution in [3.63, 3.8) is 0 Å². The molecule has 1 atom stereocenters. The maximum absolute atomic E-state index is 11.7. The third-order valence-corrected chi connectivity index (χ3v) is 3.77. The minimum atomic E-state index is 0.156. The molecule has 0 bridgehead atoms. The average Bonchev–Trinajstić information content (AvgIpc) is 2.54. The molecule has 0 heterocycles. The molecular formula is C11H16O. The molecule has 2 rings (SSSR count). The van der Waals surface area contributed by atoms with Crippen molar-refractivity contribution < 1.29 is 4.79 Å². The molecule has 0 aromatic rings. The van der Waals surface area contributed by atoms with Gasteiger partial charge in [-0.3, -0.25) is 4.79 Å². The van der Waals surface area contributed by atoms with Gasteiger partial charge in [-0.15, -0.1) is 0 Å². The summed E-state index contributed by atoms with van der Waals surface area (Å²) in [5.41, 5.74) is 2.79. The largest absolute Gasteiger partial charge is 0.294 e. The maximum Gasteiger partial charge on any atom is 0.162 e. The van der Waals surface area contributed by atoms with Crippen LogP contribution in [0.3, 0.4) is 0 Å². The summed E-state index contributed by atoms with van der Waals surface area (Å²) in [6.07, 6.45) is 3.41. The molecular weight excluding hydrogens is 148 g/mol. The minimum absolute atomic E-state index is 0.156. The van der Waals surface area contributed by atoms with Crippen molar-refractivity contribution >= 4 is 5.78 Å². The van der Waals surface area contributed by atoms with Gasteiger partial charge in [-0.05, 0) is 30.3 Å². The second-order valence-corrected chi connectivity index (χ2v) is 4.62. The van der Waals surface area contributed by atoms with Gasteiger partial charge < -0.3 is 0 Å². The van der Waals surface area contributed by atoms with Crippen LogP contribution in [-0.2, 0) is 4.79 Å². The average molecular weight is 164 g/mol. The number of allylic oxidation sites excluding steroid dienone is 2. The fourth-order valence-electron chi connectivity index (χ4n) is 2.58. The van der Waals surface area contributed by atoms with Gasteiger partial charge in [0.25, 0.3) is 0 Å². The van der Waals surface area contributed by atoms with Crippen molar-refractivity contribution in [3.05, 3.63) is 11.1 Å². The summed E-state index contributed by atoms with van der Waals surface area (Å²) in [4.78, 5) is 11.7. The van der Waals surface area contributed by atoms with Crippen LogP contribution in [0.25, 0.3) is 0 Å². The molecule has 0 N–H and O–H groups in total. The monoisotopic (exact) mass is 164 g/mol. The van der Waals surface area contributed by atoms with Crippen molar-refractivity contribution in [2.75, 3.05) is 0 Å². The Morgan fingerprint density at radius 1 is 1.33 bits per heavy atom. The summed E-state index contributed by atoms with van der Waals surface area (Å²) in [6.45, 7) is 6.49. The molecule has 0 amide bonds. The van der Waals surface area contributed by atoms with E-state index in [9.17, 15) is 4.79 Å². The normalized spacial score (nSPS) is 32.9. The number of carbonyl (C=O) groups excluding carboxylic acids is 1. The van der Waals surface area contributed by atoms with Crippen LogP contribution >= 0.6 is 0 Å². The Morgan fingerprint density at radius 3 is 2.58 bits per heavy atom. The van der Waals surface area contributed by atoms with E-state index in [0.717, 1.165) is 6.42 Å².